The first-order valence-electron chi connectivity index (χ1n) is 11.7. The fourth-order valence-electron chi connectivity index (χ4n) is 3.95. The van der Waals surface area contributed by atoms with E-state index < -0.39 is 11.6 Å². The highest BCUT2D eigenvalue weighted by Crippen LogP contribution is 2.39. The third-order valence-electron chi connectivity index (χ3n) is 6.36. The standard InChI is InChI=1S/C26H30FN3O5/c1-34-24(32)20-8-6-19(7-9-20)18-35-22-5-3-2-4-21(22)17-29-12-14-30(15-13-29)23(31)16-28-25(33)26(27)10-11-26/h2-9H,10-18H2,1H3,(H,28,33). The Balaban J connectivity index is 1.25. The number of hydrogen-bond donors (Lipinski definition) is 1. The average molecular weight is 484 g/mol. The highest BCUT2D eigenvalue weighted by atomic mass is 19.1. The zero-order chi connectivity index (χ0) is 24.8. The van der Waals surface area contributed by atoms with Crippen LogP contribution in [0.4, 0.5) is 4.39 Å². The van der Waals surface area contributed by atoms with Crippen LogP contribution in [0.15, 0.2) is 48.5 Å². The van der Waals surface area contributed by atoms with Crippen LogP contribution in [0.5, 0.6) is 5.75 Å². The summed E-state index contributed by atoms with van der Waals surface area (Å²) in [6.45, 7) is 3.36. The van der Waals surface area contributed by atoms with E-state index in [4.69, 9.17) is 9.47 Å². The van der Waals surface area contributed by atoms with Gasteiger partial charge in [-0.15, -0.1) is 0 Å². The maximum atomic E-state index is 13.7. The van der Waals surface area contributed by atoms with Crippen molar-refractivity contribution in [3.63, 3.8) is 0 Å². The molecule has 0 unspecified atom stereocenters. The van der Waals surface area contributed by atoms with Crippen molar-refractivity contribution in [2.75, 3.05) is 39.8 Å². The molecule has 1 aliphatic carbocycles. The molecule has 1 N–H and O–H groups in total. The molecule has 0 aromatic heterocycles. The molecular weight excluding hydrogens is 453 g/mol. The van der Waals surface area contributed by atoms with Crippen LogP contribution < -0.4 is 10.1 Å². The normalized spacial score (nSPS) is 16.9. The number of esters is 1. The van der Waals surface area contributed by atoms with E-state index >= 15 is 0 Å². The number of alkyl halides is 1. The molecule has 0 atom stereocenters. The lowest BCUT2D eigenvalue weighted by atomic mass is 10.1. The van der Waals surface area contributed by atoms with Crippen LogP contribution >= 0.6 is 0 Å². The zero-order valence-electron chi connectivity index (χ0n) is 19.8. The number of halogens is 1. The van der Waals surface area contributed by atoms with Gasteiger partial charge in [-0.2, -0.15) is 0 Å². The summed E-state index contributed by atoms with van der Waals surface area (Å²) in [5.74, 6) is -0.462. The van der Waals surface area contributed by atoms with Crippen molar-refractivity contribution in [2.24, 2.45) is 0 Å². The second kappa shape index (κ2) is 10.9. The first-order valence-corrected chi connectivity index (χ1v) is 11.7. The highest BCUT2D eigenvalue weighted by molar-refractivity contribution is 5.91. The molecule has 186 valence electrons. The lowest BCUT2D eigenvalue weighted by Crippen LogP contribution is -2.51. The summed E-state index contributed by atoms with van der Waals surface area (Å²) >= 11 is 0. The molecule has 35 heavy (non-hydrogen) atoms. The van der Waals surface area contributed by atoms with Gasteiger partial charge >= 0.3 is 5.97 Å². The first kappa shape index (κ1) is 24.7. The molecule has 2 amide bonds. The van der Waals surface area contributed by atoms with Gasteiger partial charge in [0.25, 0.3) is 5.91 Å². The minimum atomic E-state index is -1.76. The summed E-state index contributed by atoms with van der Waals surface area (Å²) in [7, 11) is 1.35. The smallest absolute Gasteiger partial charge is 0.337 e. The molecular formula is C26H30FN3O5. The van der Waals surface area contributed by atoms with E-state index in [1.807, 2.05) is 36.4 Å². The molecule has 0 spiro atoms. The Hall–Kier alpha value is -3.46. The van der Waals surface area contributed by atoms with Crippen molar-refractivity contribution < 1.29 is 28.2 Å². The maximum absolute atomic E-state index is 13.7. The summed E-state index contributed by atoms with van der Waals surface area (Å²) < 4.78 is 24.5. The highest BCUT2D eigenvalue weighted by Gasteiger charge is 2.50. The molecule has 2 aromatic carbocycles. The monoisotopic (exact) mass is 483 g/mol. The van der Waals surface area contributed by atoms with Gasteiger partial charge in [-0.05, 0) is 36.6 Å². The van der Waals surface area contributed by atoms with Crippen molar-refractivity contribution in [3.8, 4) is 5.75 Å². The number of methoxy groups -OCH3 is 1. The third-order valence-corrected chi connectivity index (χ3v) is 6.36. The Morgan fingerprint density at radius 3 is 2.34 bits per heavy atom. The second-order valence-electron chi connectivity index (χ2n) is 8.89. The van der Waals surface area contributed by atoms with Gasteiger partial charge < -0.3 is 19.7 Å². The summed E-state index contributed by atoms with van der Waals surface area (Å²) in [4.78, 5) is 39.6. The Morgan fingerprint density at radius 1 is 1.00 bits per heavy atom. The predicted octanol–water partition coefficient (Wildman–Crippen LogP) is 2.31. The molecule has 2 aliphatic rings. The van der Waals surface area contributed by atoms with E-state index in [9.17, 15) is 18.8 Å². The summed E-state index contributed by atoms with van der Waals surface area (Å²) in [6.07, 6.45) is 0.469. The SMILES string of the molecule is COC(=O)c1ccc(COc2ccccc2CN2CCN(C(=O)CNC(=O)C3(F)CC3)CC2)cc1. The molecule has 2 aromatic rings. The van der Waals surface area contributed by atoms with Crippen LogP contribution in [-0.2, 0) is 27.5 Å². The molecule has 1 saturated heterocycles. The lowest BCUT2D eigenvalue weighted by Gasteiger charge is -2.35. The second-order valence-corrected chi connectivity index (χ2v) is 8.89. The number of carbonyl (C=O) groups excluding carboxylic acids is 3. The van der Waals surface area contributed by atoms with Crippen LogP contribution in [0.2, 0.25) is 0 Å². The Labute approximate surface area is 204 Å². The number of amides is 2. The van der Waals surface area contributed by atoms with Crippen molar-refractivity contribution in [1.82, 2.24) is 15.1 Å². The minimum absolute atomic E-state index is 0.165. The number of para-hydroxylation sites is 1. The average Bonchev–Trinajstić information content (AvgIpc) is 3.65. The van der Waals surface area contributed by atoms with E-state index in [0.29, 0.717) is 44.9 Å². The number of ether oxygens (including phenoxy) is 2. The number of nitrogens with one attached hydrogen (secondary N) is 1. The van der Waals surface area contributed by atoms with Crippen molar-refractivity contribution in [3.05, 3.63) is 65.2 Å². The molecule has 1 heterocycles. The van der Waals surface area contributed by atoms with Gasteiger partial charge in [-0.25, -0.2) is 9.18 Å². The van der Waals surface area contributed by atoms with Gasteiger partial charge in [0.1, 0.15) is 12.4 Å². The maximum Gasteiger partial charge on any atom is 0.337 e. The molecule has 2 fully saturated rings. The Bertz CT molecular complexity index is 1060. The van der Waals surface area contributed by atoms with Crippen LogP contribution in [0.25, 0.3) is 0 Å². The van der Waals surface area contributed by atoms with E-state index in [1.165, 1.54) is 7.11 Å². The fraction of sp³-hybridized carbons (Fsp3) is 0.423. The Kier molecular flexibility index (Phi) is 7.65. The molecule has 4 rings (SSSR count). The van der Waals surface area contributed by atoms with Crippen LogP contribution in [0.1, 0.15) is 34.3 Å². The van der Waals surface area contributed by atoms with Gasteiger partial charge in [-0.3, -0.25) is 14.5 Å². The molecule has 0 radical (unpaired) electrons. The van der Waals surface area contributed by atoms with Crippen molar-refractivity contribution in [2.45, 2.75) is 31.7 Å². The quantitative estimate of drug-likeness (QED) is 0.551. The number of piperazine rings is 1. The van der Waals surface area contributed by atoms with Crippen LogP contribution in [0, 0.1) is 0 Å². The molecule has 8 nitrogen and oxygen atoms in total. The third kappa shape index (κ3) is 6.36. The largest absolute Gasteiger partial charge is 0.489 e. The van der Waals surface area contributed by atoms with E-state index in [1.54, 1.807) is 17.0 Å². The number of hydrogen-bond acceptors (Lipinski definition) is 6. The summed E-state index contributed by atoms with van der Waals surface area (Å²) in [6, 6.07) is 14.9. The topological polar surface area (TPSA) is 88.2 Å². The van der Waals surface area contributed by atoms with Crippen molar-refractivity contribution in [1.29, 1.82) is 0 Å². The minimum Gasteiger partial charge on any atom is -0.489 e. The van der Waals surface area contributed by atoms with Crippen molar-refractivity contribution >= 4 is 17.8 Å². The number of carbonyl (C=O) groups is 3. The molecule has 1 aliphatic heterocycles. The van der Waals surface area contributed by atoms with Gasteiger partial charge in [0.05, 0.1) is 19.2 Å². The van der Waals surface area contributed by atoms with E-state index in [0.717, 1.165) is 16.9 Å². The fourth-order valence-corrected chi connectivity index (χ4v) is 3.95. The molecule has 9 heteroatoms. The Morgan fingerprint density at radius 2 is 1.69 bits per heavy atom. The van der Waals surface area contributed by atoms with Gasteiger partial charge in [-0.1, -0.05) is 30.3 Å². The summed E-state index contributed by atoms with van der Waals surface area (Å²) in [5, 5.41) is 2.42. The molecule has 1 saturated carbocycles. The van der Waals surface area contributed by atoms with Gasteiger partial charge in [0.15, 0.2) is 5.67 Å². The van der Waals surface area contributed by atoms with E-state index in [2.05, 4.69) is 10.2 Å². The first-order chi connectivity index (χ1) is 16.9. The lowest BCUT2D eigenvalue weighted by molar-refractivity contribution is -0.135. The van der Waals surface area contributed by atoms with Crippen LogP contribution in [-0.4, -0.2) is 73.1 Å². The van der Waals surface area contributed by atoms with Crippen LogP contribution in [0.3, 0.4) is 0 Å². The predicted molar refractivity (Wildman–Crippen MR) is 126 cm³/mol. The number of benzene rings is 2. The molecule has 0 bridgehead atoms. The number of rotatable bonds is 9. The van der Waals surface area contributed by atoms with Gasteiger partial charge in [0, 0.05) is 38.3 Å². The van der Waals surface area contributed by atoms with E-state index in [-0.39, 0.29) is 31.3 Å². The number of nitrogens with zero attached hydrogens (tertiary/aromatic N) is 2. The van der Waals surface area contributed by atoms with Gasteiger partial charge in [0.2, 0.25) is 5.91 Å². The summed E-state index contributed by atoms with van der Waals surface area (Å²) in [5.41, 5.74) is 0.711. The zero-order valence-corrected chi connectivity index (χ0v) is 19.8.